The smallest absolute Gasteiger partial charge is 0.159 e. The number of aromatic amines is 1. The molecule has 2 fully saturated rings. The molecule has 0 spiro atoms. The van der Waals surface area contributed by atoms with Gasteiger partial charge in [0.15, 0.2) is 5.82 Å². The highest BCUT2D eigenvalue weighted by Gasteiger charge is 2.29. The van der Waals surface area contributed by atoms with Crippen LogP contribution < -0.4 is 0 Å². The number of likely N-dealkylation sites (tertiary alicyclic amines) is 1. The second kappa shape index (κ2) is 7.24. The Morgan fingerprint density at radius 1 is 0.926 bits per heavy atom. The quantitative estimate of drug-likeness (QED) is 0.744. The van der Waals surface area contributed by atoms with Crippen molar-refractivity contribution < 1.29 is 0 Å². The van der Waals surface area contributed by atoms with Crippen molar-refractivity contribution in [1.82, 2.24) is 24.8 Å². The first-order valence-electron chi connectivity index (χ1n) is 10.0. The zero-order chi connectivity index (χ0) is 18.1. The van der Waals surface area contributed by atoms with Crippen LogP contribution in [0.1, 0.15) is 37.4 Å². The maximum Gasteiger partial charge on any atom is 0.159 e. The summed E-state index contributed by atoms with van der Waals surface area (Å²) in [5, 5.41) is 0. The molecular weight excluding hydrogens is 334 g/mol. The van der Waals surface area contributed by atoms with E-state index in [1.807, 2.05) is 48.9 Å². The number of nitrogens with zero attached hydrogens (tertiary/aromatic N) is 4. The molecule has 1 N–H and O–H groups in total. The van der Waals surface area contributed by atoms with E-state index in [-0.39, 0.29) is 0 Å². The van der Waals surface area contributed by atoms with Crippen LogP contribution in [0.3, 0.4) is 0 Å². The maximum absolute atomic E-state index is 4.69. The van der Waals surface area contributed by atoms with Gasteiger partial charge in [-0.25, -0.2) is 15.0 Å². The standard InChI is InChI=1S/C22H25N5/c1-2-5-17(6-3-1)21-23-11-19(12-24-21)20-13-25-22(26-20)18-7-4-10-27(15-18)14-16-8-9-16/h1-3,5-6,11-13,16,18H,4,7-10,14-15H2,(H,25,26)/t18-/m0/s1. The first kappa shape index (κ1) is 16.6. The number of H-pyrrole nitrogens is 1. The highest BCUT2D eigenvalue weighted by Crippen LogP contribution is 2.33. The molecule has 2 aromatic heterocycles. The van der Waals surface area contributed by atoms with Crippen molar-refractivity contribution >= 4 is 0 Å². The van der Waals surface area contributed by atoms with Gasteiger partial charge in [-0.1, -0.05) is 30.3 Å². The first-order chi connectivity index (χ1) is 13.3. The number of aromatic nitrogens is 4. The Morgan fingerprint density at radius 3 is 2.52 bits per heavy atom. The molecule has 3 heterocycles. The molecule has 2 aliphatic rings. The highest BCUT2D eigenvalue weighted by atomic mass is 15.1. The monoisotopic (exact) mass is 359 g/mol. The lowest BCUT2D eigenvalue weighted by Crippen LogP contribution is -2.36. The number of hydrogen-bond acceptors (Lipinski definition) is 4. The van der Waals surface area contributed by atoms with Crippen LogP contribution in [0, 0.1) is 5.92 Å². The largest absolute Gasteiger partial charge is 0.342 e. The molecule has 27 heavy (non-hydrogen) atoms. The summed E-state index contributed by atoms with van der Waals surface area (Å²) >= 11 is 0. The molecule has 1 saturated carbocycles. The fourth-order valence-electron chi connectivity index (χ4n) is 4.00. The van der Waals surface area contributed by atoms with Gasteiger partial charge in [-0.2, -0.15) is 0 Å². The molecule has 5 heteroatoms. The minimum Gasteiger partial charge on any atom is -0.342 e. The summed E-state index contributed by atoms with van der Waals surface area (Å²) in [6, 6.07) is 10.1. The normalized spacial score (nSPS) is 20.7. The van der Waals surface area contributed by atoms with Crippen LogP contribution in [0.15, 0.2) is 48.9 Å². The van der Waals surface area contributed by atoms with Crippen molar-refractivity contribution in [2.24, 2.45) is 5.92 Å². The van der Waals surface area contributed by atoms with Crippen molar-refractivity contribution in [3.05, 3.63) is 54.7 Å². The van der Waals surface area contributed by atoms with Crippen LogP contribution in [0.5, 0.6) is 0 Å². The van der Waals surface area contributed by atoms with E-state index in [0.717, 1.165) is 40.9 Å². The second-order valence-electron chi connectivity index (χ2n) is 7.89. The predicted octanol–water partition coefficient (Wildman–Crippen LogP) is 4.12. The lowest BCUT2D eigenvalue weighted by Gasteiger charge is -2.31. The zero-order valence-corrected chi connectivity index (χ0v) is 15.5. The molecule has 1 aliphatic carbocycles. The van der Waals surface area contributed by atoms with Crippen LogP contribution in [-0.2, 0) is 0 Å². The topological polar surface area (TPSA) is 57.7 Å². The van der Waals surface area contributed by atoms with E-state index in [4.69, 9.17) is 0 Å². The van der Waals surface area contributed by atoms with Crippen LogP contribution in [0.2, 0.25) is 0 Å². The Balaban J connectivity index is 1.30. The predicted molar refractivity (Wildman–Crippen MR) is 106 cm³/mol. The molecule has 138 valence electrons. The van der Waals surface area contributed by atoms with Crippen molar-refractivity contribution in [2.75, 3.05) is 19.6 Å². The molecular formula is C22H25N5. The summed E-state index contributed by atoms with van der Waals surface area (Å²) in [5.74, 6) is 3.33. The SMILES string of the molecule is c1ccc(-c2ncc(-c3cnc([C@H]4CCCN(CC5CC5)C4)[nH]3)cn2)cc1. The number of imidazole rings is 1. The minimum atomic E-state index is 0.510. The molecule has 0 bridgehead atoms. The van der Waals surface area contributed by atoms with Gasteiger partial charge in [0.05, 0.1) is 11.9 Å². The van der Waals surface area contributed by atoms with Gasteiger partial charge in [0.25, 0.3) is 0 Å². The molecule has 1 aliphatic heterocycles. The summed E-state index contributed by atoms with van der Waals surface area (Å²) in [6.07, 6.45) is 11.0. The third-order valence-electron chi connectivity index (χ3n) is 5.70. The minimum absolute atomic E-state index is 0.510. The molecule has 1 saturated heterocycles. The van der Waals surface area contributed by atoms with E-state index >= 15 is 0 Å². The lowest BCUT2D eigenvalue weighted by molar-refractivity contribution is 0.197. The summed E-state index contributed by atoms with van der Waals surface area (Å²) in [6.45, 7) is 3.65. The van der Waals surface area contributed by atoms with Crippen molar-refractivity contribution in [2.45, 2.75) is 31.6 Å². The number of piperidine rings is 1. The summed E-state index contributed by atoms with van der Waals surface area (Å²) in [7, 11) is 0. The lowest BCUT2D eigenvalue weighted by atomic mass is 9.97. The van der Waals surface area contributed by atoms with Gasteiger partial charge in [-0.15, -0.1) is 0 Å². The molecule has 5 rings (SSSR count). The van der Waals surface area contributed by atoms with E-state index in [0.29, 0.717) is 5.92 Å². The van der Waals surface area contributed by atoms with E-state index in [1.54, 1.807) is 0 Å². The molecule has 1 aromatic carbocycles. The summed E-state index contributed by atoms with van der Waals surface area (Å²) in [5.41, 5.74) is 3.02. The molecule has 5 nitrogen and oxygen atoms in total. The van der Waals surface area contributed by atoms with E-state index in [9.17, 15) is 0 Å². The van der Waals surface area contributed by atoms with Gasteiger partial charge in [0.1, 0.15) is 5.82 Å². The van der Waals surface area contributed by atoms with Crippen molar-refractivity contribution in [3.8, 4) is 22.6 Å². The Hall–Kier alpha value is -2.53. The average Bonchev–Trinajstić information content (AvgIpc) is 3.40. The van der Waals surface area contributed by atoms with Gasteiger partial charge in [-0.05, 0) is 38.1 Å². The van der Waals surface area contributed by atoms with Crippen molar-refractivity contribution in [3.63, 3.8) is 0 Å². The summed E-state index contributed by atoms with van der Waals surface area (Å²) < 4.78 is 0. The molecule has 1 atom stereocenters. The third kappa shape index (κ3) is 3.78. The van der Waals surface area contributed by atoms with E-state index in [2.05, 4.69) is 24.8 Å². The van der Waals surface area contributed by atoms with Crippen LogP contribution in [-0.4, -0.2) is 44.5 Å². The number of hydrogen-bond donors (Lipinski definition) is 1. The van der Waals surface area contributed by atoms with E-state index < -0.39 is 0 Å². The Bertz CT molecular complexity index is 883. The number of benzene rings is 1. The molecule has 0 unspecified atom stereocenters. The Morgan fingerprint density at radius 2 is 1.74 bits per heavy atom. The van der Waals surface area contributed by atoms with Crippen LogP contribution >= 0.6 is 0 Å². The van der Waals surface area contributed by atoms with Gasteiger partial charge < -0.3 is 9.88 Å². The number of nitrogens with one attached hydrogen (secondary N) is 1. The molecule has 0 radical (unpaired) electrons. The van der Waals surface area contributed by atoms with Crippen LogP contribution in [0.4, 0.5) is 0 Å². The number of rotatable bonds is 5. The first-order valence-corrected chi connectivity index (χ1v) is 10.0. The zero-order valence-electron chi connectivity index (χ0n) is 15.5. The van der Waals surface area contributed by atoms with Gasteiger partial charge in [-0.3, -0.25) is 0 Å². The third-order valence-corrected chi connectivity index (χ3v) is 5.70. The Kier molecular flexibility index (Phi) is 4.46. The second-order valence-corrected chi connectivity index (χ2v) is 7.89. The van der Waals surface area contributed by atoms with Gasteiger partial charge in [0, 0.05) is 42.5 Å². The summed E-state index contributed by atoms with van der Waals surface area (Å²) in [4.78, 5) is 19.9. The fourth-order valence-corrected chi connectivity index (χ4v) is 4.00. The maximum atomic E-state index is 4.69. The van der Waals surface area contributed by atoms with Crippen LogP contribution in [0.25, 0.3) is 22.6 Å². The molecule has 0 amide bonds. The Labute approximate surface area is 159 Å². The van der Waals surface area contributed by atoms with Crippen molar-refractivity contribution in [1.29, 1.82) is 0 Å². The average molecular weight is 359 g/mol. The highest BCUT2D eigenvalue weighted by molar-refractivity contribution is 5.60. The van der Waals surface area contributed by atoms with E-state index in [1.165, 1.54) is 38.8 Å². The fraction of sp³-hybridized carbons (Fsp3) is 0.409. The van der Waals surface area contributed by atoms with Gasteiger partial charge in [0.2, 0.25) is 0 Å². The van der Waals surface area contributed by atoms with Gasteiger partial charge >= 0.3 is 0 Å². The molecule has 3 aromatic rings.